The normalized spacial score (nSPS) is 16.5. The molecule has 0 spiro atoms. The molecule has 0 amide bonds. The second kappa shape index (κ2) is 4.52. The predicted octanol–water partition coefficient (Wildman–Crippen LogP) is 2.19. The second-order valence-electron chi connectivity index (χ2n) is 4.33. The minimum atomic E-state index is -4.16. The van der Waals surface area contributed by atoms with Crippen LogP contribution >= 0.6 is 0 Å². The standard InChI is InChI=1S/C11H14F3N3/c12-11(13,14)7-17(10-3-4-10)6-9-2-1-8(15)5-16-9/h1-2,5,10H,3-4,6-7,15H2. The van der Waals surface area contributed by atoms with Gasteiger partial charge in [0.25, 0.3) is 0 Å². The summed E-state index contributed by atoms with van der Waals surface area (Å²) in [5.41, 5.74) is 6.61. The van der Waals surface area contributed by atoms with E-state index in [1.165, 1.54) is 11.1 Å². The van der Waals surface area contributed by atoms with Gasteiger partial charge in [-0.2, -0.15) is 13.2 Å². The molecule has 0 atom stereocenters. The highest BCUT2D eigenvalue weighted by molar-refractivity contribution is 5.34. The molecular weight excluding hydrogens is 231 g/mol. The smallest absolute Gasteiger partial charge is 0.397 e. The van der Waals surface area contributed by atoms with Crippen LogP contribution in [0.3, 0.4) is 0 Å². The lowest BCUT2D eigenvalue weighted by Gasteiger charge is -2.22. The summed E-state index contributed by atoms with van der Waals surface area (Å²) in [6, 6.07) is 3.37. The van der Waals surface area contributed by atoms with Crippen LogP contribution in [0.1, 0.15) is 18.5 Å². The van der Waals surface area contributed by atoms with Gasteiger partial charge >= 0.3 is 6.18 Å². The average molecular weight is 245 g/mol. The third-order valence-corrected chi connectivity index (χ3v) is 2.66. The van der Waals surface area contributed by atoms with E-state index in [9.17, 15) is 13.2 Å². The molecule has 0 radical (unpaired) electrons. The molecule has 1 saturated carbocycles. The van der Waals surface area contributed by atoms with E-state index in [0.29, 0.717) is 11.4 Å². The number of hydrogen-bond donors (Lipinski definition) is 1. The summed E-state index contributed by atoms with van der Waals surface area (Å²) in [5.74, 6) is 0. The fourth-order valence-electron chi connectivity index (χ4n) is 1.72. The Morgan fingerprint density at radius 2 is 2.06 bits per heavy atom. The highest BCUT2D eigenvalue weighted by atomic mass is 19.4. The average Bonchev–Trinajstić information content (AvgIpc) is 3.01. The number of halogens is 3. The quantitative estimate of drug-likeness (QED) is 0.884. The number of nitrogens with zero attached hydrogens (tertiary/aromatic N) is 2. The molecule has 1 aliphatic rings. The van der Waals surface area contributed by atoms with Crippen LogP contribution in [0.5, 0.6) is 0 Å². The van der Waals surface area contributed by atoms with Crippen molar-refractivity contribution in [1.29, 1.82) is 0 Å². The summed E-state index contributed by atoms with van der Waals surface area (Å²) in [7, 11) is 0. The van der Waals surface area contributed by atoms with Crippen LogP contribution in [0.25, 0.3) is 0 Å². The van der Waals surface area contributed by atoms with Crippen LogP contribution < -0.4 is 5.73 Å². The number of nitrogens with two attached hydrogens (primary N) is 1. The first-order valence-electron chi connectivity index (χ1n) is 5.45. The zero-order valence-corrected chi connectivity index (χ0v) is 9.24. The molecule has 2 rings (SSSR count). The molecule has 0 unspecified atom stereocenters. The van der Waals surface area contributed by atoms with Gasteiger partial charge in [-0.1, -0.05) is 0 Å². The summed E-state index contributed by atoms with van der Waals surface area (Å²) in [6.45, 7) is -0.645. The maximum absolute atomic E-state index is 12.4. The number of rotatable bonds is 4. The molecule has 94 valence electrons. The van der Waals surface area contributed by atoms with Crippen LogP contribution in [0, 0.1) is 0 Å². The Balaban J connectivity index is 2.00. The van der Waals surface area contributed by atoms with Gasteiger partial charge in [0.2, 0.25) is 0 Å². The Morgan fingerprint density at radius 3 is 2.53 bits per heavy atom. The van der Waals surface area contributed by atoms with Crippen molar-refractivity contribution in [3.63, 3.8) is 0 Å². The van der Waals surface area contributed by atoms with Gasteiger partial charge in [0, 0.05) is 12.6 Å². The summed E-state index contributed by atoms with van der Waals surface area (Å²) >= 11 is 0. The van der Waals surface area contributed by atoms with Crippen LogP contribution in [-0.4, -0.2) is 28.6 Å². The van der Waals surface area contributed by atoms with Crippen LogP contribution in [0.4, 0.5) is 18.9 Å². The van der Waals surface area contributed by atoms with Crippen molar-refractivity contribution in [2.24, 2.45) is 0 Å². The summed E-state index contributed by atoms with van der Waals surface area (Å²) in [6.07, 6.45) is -1.01. The van der Waals surface area contributed by atoms with Gasteiger partial charge in [-0.05, 0) is 25.0 Å². The van der Waals surface area contributed by atoms with Gasteiger partial charge in [0.1, 0.15) is 0 Å². The molecule has 0 saturated heterocycles. The number of aromatic nitrogens is 1. The SMILES string of the molecule is Nc1ccc(CN(CC(F)(F)F)C2CC2)nc1. The van der Waals surface area contributed by atoms with E-state index in [1.807, 2.05) is 0 Å². The molecule has 0 bridgehead atoms. The fraction of sp³-hybridized carbons (Fsp3) is 0.545. The number of alkyl halides is 3. The van der Waals surface area contributed by atoms with E-state index in [2.05, 4.69) is 4.98 Å². The van der Waals surface area contributed by atoms with E-state index < -0.39 is 12.7 Å². The number of hydrogen-bond acceptors (Lipinski definition) is 3. The van der Waals surface area contributed by atoms with Gasteiger partial charge in [0.05, 0.1) is 24.1 Å². The maximum Gasteiger partial charge on any atom is 0.401 e. The highest BCUT2D eigenvalue weighted by Gasteiger charge is 2.37. The molecule has 1 aromatic heterocycles. The van der Waals surface area contributed by atoms with Crippen molar-refractivity contribution in [3.05, 3.63) is 24.0 Å². The van der Waals surface area contributed by atoms with E-state index in [1.54, 1.807) is 12.1 Å². The van der Waals surface area contributed by atoms with Crippen molar-refractivity contribution in [2.45, 2.75) is 31.6 Å². The molecule has 6 heteroatoms. The number of pyridine rings is 1. The molecule has 1 aromatic rings. The Kier molecular flexibility index (Phi) is 3.24. The summed E-state index contributed by atoms with van der Waals surface area (Å²) in [4.78, 5) is 5.45. The monoisotopic (exact) mass is 245 g/mol. The molecule has 0 aliphatic heterocycles. The summed E-state index contributed by atoms with van der Waals surface area (Å²) < 4.78 is 37.1. The van der Waals surface area contributed by atoms with E-state index >= 15 is 0 Å². The molecule has 0 aromatic carbocycles. The van der Waals surface area contributed by atoms with Crippen molar-refractivity contribution in [1.82, 2.24) is 9.88 Å². The van der Waals surface area contributed by atoms with E-state index in [-0.39, 0.29) is 12.6 Å². The highest BCUT2D eigenvalue weighted by Crippen LogP contribution is 2.31. The lowest BCUT2D eigenvalue weighted by molar-refractivity contribution is -0.148. The van der Waals surface area contributed by atoms with E-state index in [0.717, 1.165) is 12.8 Å². The Bertz CT molecular complexity index is 371. The van der Waals surface area contributed by atoms with E-state index in [4.69, 9.17) is 5.73 Å². The van der Waals surface area contributed by atoms with Crippen LogP contribution in [-0.2, 0) is 6.54 Å². The summed E-state index contributed by atoms with van der Waals surface area (Å²) in [5, 5.41) is 0. The fourth-order valence-corrected chi connectivity index (χ4v) is 1.72. The first kappa shape index (κ1) is 12.2. The zero-order chi connectivity index (χ0) is 12.5. The van der Waals surface area contributed by atoms with Crippen molar-refractivity contribution in [3.8, 4) is 0 Å². The first-order chi connectivity index (χ1) is 7.94. The molecular formula is C11H14F3N3. The first-order valence-corrected chi connectivity index (χ1v) is 5.45. The molecule has 1 heterocycles. The van der Waals surface area contributed by atoms with Crippen molar-refractivity contribution >= 4 is 5.69 Å². The maximum atomic E-state index is 12.4. The second-order valence-corrected chi connectivity index (χ2v) is 4.33. The Labute approximate surface area is 97.4 Å². The van der Waals surface area contributed by atoms with Gasteiger partial charge in [-0.15, -0.1) is 0 Å². The third kappa shape index (κ3) is 3.89. The minimum absolute atomic E-state index is 0.0518. The number of nitrogen functional groups attached to an aromatic ring is 1. The largest absolute Gasteiger partial charge is 0.401 e. The molecule has 17 heavy (non-hydrogen) atoms. The molecule has 3 nitrogen and oxygen atoms in total. The molecule has 1 fully saturated rings. The van der Waals surface area contributed by atoms with Crippen molar-refractivity contribution < 1.29 is 13.2 Å². The van der Waals surface area contributed by atoms with Gasteiger partial charge in [0.15, 0.2) is 0 Å². The van der Waals surface area contributed by atoms with Crippen LogP contribution in [0.15, 0.2) is 18.3 Å². The van der Waals surface area contributed by atoms with Crippen LogP contribution in [0.2, 0.25) is 0 Å². The Morgan fingerprint density at radius 1 is 1.35 bits per heavy atom. The van der Waals surface area contributed by atoms with Gasteiger partial charge in [-0.3, -0.25) is 9.88 Å². The zero-order valence-electron chi connectivity index (χ0n) is 9.24. The topological polar surface area (TPSA) is 42.1 Å². The molecule has 2 N–H and O–H groups in total. The predicted molar refractivity (Wildman–Crippen MR) is 58.1 cm³/mol. The van der Waals surface area contributed by atoms with Crippen molar-refractivity contribution in [2.75, 3.05) is 12.3 Å². The van der Waals surface area contributed by atoms with Gasteiger partial charge < -0.3 is 5.73 Å². The number of anilines is 1. The van der Waals surface area contributed by atoms with Gasteiger partial charge in [-0.25, -0.2) is 0 Å². The lowest BCUT2D eigenvalue weighted by Crippen LogP contribution is -2.35. The molecule has 1 aliphatic carbocycles. The minimum Gasteiger partial charge on any atom is -0.397 e. The lowest BCUT2D eigenvalue weighted by atomic mass is 10.3. The third-order valence-electron chi connectivity index (χ3n) is 2.66. The Hall–Kier alpha value is -1.30.